The van der Waals surface area contributed by atoms with Crippen molar-refractivity contribution in [2.75, 3.05) is 13.2 Å². The number of ether oxygens (including phenoxy) is 2. The first kappa shape index (κ1) is 20.2. The molecule has 1 aliphatic rings. The van der Waals surface area contributed by atoms with E-state index in [-0.39, 0.29) is 24.7 Å². The van der Waals surface area contributed by atoms with Gasteiger partial charge in [0, 0.05) is 17.4 Å². The maximum Gasteiger partial charge on any atom is 0.119 e. The fourth-order valence-electron chi connectivity index (χ4n) is 3.57. The van der Waals surface area contributed by atoms with Crippen LogP contribution in [0.5, 0.6) is 5.75 Å². The van der Waals surface area contributed by atoms with E-state index in [2.05, 4.69) is 0 Å². The van der Waals surface area contributed by atoms with E-state index in [4.69, 9.17) is 21.1 Å². The molecule has 0 aliphatic carbocycles. The second kappa shape index (κ2) is 9.07. The summed E-state index contributed by atoms with van der Waals surface area (Å²) in [5.74, 6) is 0.807. The second-order valence-electron chi connectivity index (χ2n) is 7.13. The molecule has 0 amide bonds. The summed E-state index contributed by atoms with van der Waals surface area (Å²) in [6.07, 6.45) is 0.0623. The number of aliphatic hydroxyl groups excluding tert-OH is 2. The summed E-state index contributed by atoms with van der Waals surface area (Å²) in [6, 6.07) is 13.9. The van der Waals surface area contributed by atoms with E-state index >= 15 is 0 Å². The minimum absolute atomic E-state index is 0.0488. The first-order chi connectivity index (χ1) is 13.0. The molecule has 0 spiro atoms. The summed E-state index contributed by atoms with van der Waals surface area (Å²) >= 11 is 6.43. The van der Waals surface area contributed by atoms with Crippen molar-refractivity contribution in [2.24, 2.45) is 5.92 Å². The molecule has 1 saturated heterocycles. The van der Waals surface area contributed by atoms with E-state index in [0.717, 1.165) is 22.4 Å². The van der Waals surface area contributed by atoms with Crippen LogP contribution in [0.1, 0.15) is 43.1 Å². The Hall–Kier alpha value is -1.59. The van der Waals surface area contributed by atoms with Gasteiger partial charge in [0.25, 0.3) is 0 Å². The van der Waals surface area contributed by atoms with Crippen molar-refractivity contribution in [1.29, 1.82) is 0 Å². The van der Waals surface area contributed by atoms with E-state index in [1.54, 1.807) is 0 Å². The summed E-state index contributed by atoms with van der Waals surface area (Å²) in [6.45, 7) is 4.50. The van der Waals surface area contributed by atoms with Crippen molar-refractivity contribution in [3.8, 4) is 5.75 Å². The first-order valence-corrected chi connectivity index (χ1v) is 9.84. The molecule has 3 rings (SSSR count). The van der Waals surface area contributed by atoms with Gasteiger partial charge in [-0.25, -0.2) is 0 Å². The molecule has 1 heterocycles. The lowest BCUT2D eigenvalue weighted by Gasteiger charge is -2.38. The third-order valence-electron chi connectivity index (χ3n) is 5.16. The van der Waals surface area contributed by atoms with Crippen LogP contribution in [0, 0.1) is 5.92 Å². The van der Waals surface area contributed by atoms with Crippen molar-refractivity contribution in [1.82, 2.24) is 0 Å². The molecular weight excluding hydrogens is 364 g/mol. The average Bonchev–Trinajstić information content (AvgIpc) is 2.67. The SMILES string of the molecule is CCOc1ccc(Cc2cc(C3OC(CO)CC(O)C3C)ccc2Cl)cc1. The highest BCUT2D eigenvalue weighted by Gasteiger charge is 2.35. The minimum atomic E-state index is -0.494. The largest absolute Gasteiger partial charge is 0.494 e. The maximum absolute atomic E-state index is 10.3. The van der Waals surface area contributed by atoms with Crippen molar-refractivity contribution in [3.63, 3.8) is 0 Å². The predicted molar refractivity (Wildman–Crippen MR) is 106 cm³/mol. The lowest BCUT2D eigenvalue weighted by atomic mass is 9.86. The zero-order valence-corrected chi connectivity index (χ0v) is 16.5. The highest BCUT2D eigenvalue weighted by Crippen LogP contribution is 2.37. The zero-order chi connectivity index (χ0) is 19.4. The summed E-state index contributed by atoms with van der Waals surface area (Å²) in [4.78, 5) is 0. The lowest BCUT2D eigenvalue weighted by Crippen LogP contribution is -2.39. The topological polar surface area (TPSA) is 58.9 Å². The van der Waals surface area contributed by atoms with Crippen LogP contribution < -0.4 is 4.74 Å². The molecule has 27 heavy (non-hydrogen) atoms. The van der Waals surface area contributed by atoms with Crippen molar-refractivity contribution >= 4 is 11.6 Å². The Balaban J connectivity index is 1.81. The molecule has 0 saturated carbocycles. The van der Waals surface area contributed by atoms with Crippen molar-refractivity contribution in [3.05, 3.63) is 64.2 Å². The van der Waals surface area contributed by atoms with Gasteiger partial charge < -0.3 is 19.7 Å². The van der Waals surface area contributed by atoms with E-state index in [0.29, 0.717) is 24.5 Å². The summed E-state index contributed by atoms with van der Waals surface area (Å²) in [7, 11) is 0. The molecule has 0 bridgehead atoms. The maximum atomic E-state index is 10.3. The van der Waals surface area contributed by atoms with Crippen LogP contribution in [-0.4, -0.2) is 35.6 Å². The number of hydrogen-bond acceptors (Lipinski definition) is 4. The van der Waals surface area contributed by atoms with E-state index in [9.17, 15) is 10.2 Å². The monoisotopic (exact) mass is 390 g/mol. The fourth-order valence-corrected chi connectivity index (χ4v) is 3.75. The number of aliphatic hydroxyl groups is 2. The number of halogens is 1. The standard InChI is InChI=1S/C22H27ClO4/c1-3-26-18-7-4-15(5-8-18)10-17-11-16(6-9-20(17)23)22-14(2)21(25)12-19(13-24)27-22/h4-9,11,14,19,21-22,24-25H,3,10,12-13H2,1-2H3. The lowest BCUT2D eigenvalue weighted by molar-refractivity contribution is -0.145. The van der Waals surface area contributed by atoms with Crippen LogP contribution in [0.2, 0.25) is 5.02 Å². The van der Waals surface area contributed by atoms with Crippen LogP contribution in [0.15, 0.2) is 42.5 Å². The highest BCUT2D eigenvalue weighted by atomic mass is 35.5. The van der Waals surface area contributed by atoms with Crippen LogP contribution in [-0.2, 0) is 11.2 Å². The van der Waals surface area contributed by atoms with Gasteiger partial charge in [-0.15, -0.1) is 0 Å². The molecule has 1 aliphatic heterocycles. The molecule has 2 aromatic carbocycles. The number of benzene rings is 2. The van der Waals surface area contributed by atoms with Gasteiger partial charge in [-0.05, 0) is 48.2 Å². The van der Waals surface area contributed by atoms with Crippen LogP contribution in [0.3, 0.4) is 0 Å². The Bertz CT molecular complexity index is 746. The van der Waals surface area contributed by atoms with Gasteiger partial charge in [-0.1, -0.05) is 42.8 Å². The zero-order valence-electron chi connectivity index (χ0n) is 15.8. The Morgan fingerprint density at radius 1 is 1.19 bits per heavy atom. The van der Waals surface area contributed by atoms with E-state index in [1.165, 1.54) is 0 Å². The minimum Gasteiger partial charge on any atom is -0.494 e. The van der Waals surface area contributed by atoms with Crippen LogP contribution >= 0.6 is 11.6 Å². The molecule has 146 valence electrons. The van der Waals surface area contributed by atoms with E-state index < -0.39 is 6.10 Å². The van der Waals surface area contributed by atoms with Gasteiger partial charge >= 0.3 is 0 Å². The van der Waals surface area contributed by atoms with Gasteiger partial charge in [0.15, 0.2) is 0 Å². The van der Waals surface area contributed by atoms with Gasteiger partial charge in [-0.3, -0.25) is 0 Å². The third-order valence-corrected chi connectivity index (χ3v) is 5.53. The fraction of sp³-hybridized carbons (Fsp3) is 0.455. The van der Waals surface area contributed by atoms with Gasteiger partial charge in [-0.2, -0.15) is 0 Å². The predicted octanol–water partition coefficient (Wildman–Crippen LogP) is 4.15. The molecule has 0 aromatic heterocycles. The quantitative estimate of drug-likeness (QED) is 0.777. The molecule has 1 fully saturated rings. The second-order valence-corrected chi connectivity index (χ2v) is 7.54. The van der Waals surface area contributed by atoms with E-state index in [1.807, 2.05) is 56.3 Å². The van der Waals surface area contributed by atoms with Gasteiger partial charge in [0.2, 0.25) is 0 Å². The Morgan fingerprint density at radius 3 is 2.59 bits per heavy atom. The number of hydrogen-bond donors (Lipinski definition) is 2. The van der Waals surface area contributed by atoms with Gasteiger partial charge in [0.1, 0.15) is 5.75 Å². The molecule has 4 unspecified atom stereocenters. The molecule has 4 nitrogen and oxygen atoms in total. The molecule has 4 atom stereocenters. The normalized spacial score (nSPS) is 25.4. The summed E-state index contributed by atoms with van der Waals surface area (Å²) < 4.78 is 11.5. The average molecular weight is 391 g/mol. The third kappa shape index (κ3) is 4.82. The van der Waals surface area contributed by atoms with Crippen LogP contribution in [0.4, 0.5) is 0 Å². The van der Waals surface area contributed by atoms with Crippen molar-refractivity contribution < 1.29 is 19.7 Å². The Labute approximate surface area is 165 Å². The summed E-state index contributed by atoms with van der Waals surface area (Å²) in [5.41, 5.74) is 3.13. The van der Waals surface area contributed by atoms with Crippen molar-refractivity contribution in [2.45, 2.75) is 45.0 Å². The van der Waals surface area contributed by atoms with Crippen LogP contribution in [0.25, 0.3) is 0 Å². The Morgan fingerprint density at radius 2 is 1.93 bits per heavy atom. The summed E-state index contributed by atoms with van der Waals surface area (Å²) in [5, 5.41) is 20.5. The number of rotatable bonds is 6. The van der Waals surface area contributed by atoms with Gasteiger partial charge in [0.05, 0.1) is 31.5 Å². The molecule has 2 N–H and O–H groups in total. The first-order valence-electron chi connectivity index (χ1n) is 9.46. The smallest absolute Gasteiger partial charge is 0.119 e. The molecule has 5 heteroatoms. The highest BCUT2D eigenvalue weighted by molar-refractivity contribution is 6.31. The molecular formula is C22H27ClO4. The Kier molecular flexibility index (Phi) is 6.77. The molecule has 2 aromatic rings. The molecule has 0 radical (unpaired) electrons.